The number of unbranched alkanes of at least 4 members (excludes halogenated alkanes) is 2. The molecular weight excluding hydrogens is 314 g/mol. The van der Waals surface area contributed by atoms with Crippen LogP contribution in [0.15, 0.2) is 35.6 Å². The van der Waals surface area contributed by atoms with Gasteiger partial charge in [0.2, 0.25) is 0 Å². The molecule has 0 aromatic heterocycles. The zero-order valence-corrected chi connectivity index (χ0v) is 14.3. The summed E-state index contributed by atoms with van der Waals surface area (Å²) in [7, 11) is 0. The molecule has 1 aliphatic heterocycles. The average Bonchev–Trinajstić information content (AvgIpc) is 2.80. The predicted molar refractivity (Wildman–Crippen MR) is 90.4 cm³/mol. The van der Waals surface area contributed by atoms with Gasteiger partial charge in [-0.05, 0) is 24.1 Å². The van der Waals surface area contributed by atoms with E-state index in [-0.39, 0.29) is 17.8 Å². The predicted octanol–water partition coefficient (Wildman–Crippen LogP) is 4.20. The van der Waals surface area contributed by atoms with Gasteiger partial charge in [-0.2, -0.15) is 0 Å². The van der Waals surface area contributed by atoms with Crippen molar-refractivity contribution >= 4 is 23.3 Å². The minimum absolute atomic E-state index is 0.200. The summed E-state index contributed by atoms with van der Waals surface area (Å²) >= 11 is 5.93. The van der Waals surface area contributed by atoms with Crippen molar-refractivity contribution in [1.82, 2.24) is 4.90 Å². The summed E-state index contributed by atoms with van der Waals surface area (Å²) in [4.78, 5) is 26.3. The molecular formula is C18H22ClNO3. The van der Waals surface area contributed by atoms with Crippen LogP contribution < -0.4 is 0 Å². The number of carbonyl (C=O) groups is 2. The van der Waals surface area contributed by atoms with Crippen molar-refractivity contribution in [2.45, 2.75) is 45.6 Å². The molecule has 4 nitrogen and oxygen atoms in total. The molecule has 0 radical (unpaired) electrons. The fourth-order valence-electron chi connectivity index (χ4n) is 2.88. The Hall–Kier alpha value is -1.81. The molecule has 0 spiro atoms. The summed E-state index contributed by atoms with van der Waals surface area (Å²) in [6.45, 7) is 4.33. The van der Waals surface area contributed by atoms with Crippen LogP contribution in [0.1, 0.15) is 51.1 Å². The zero-order chi connectivity index (χ0) is 17.0. The molecule has 0 saturated carbocycles. The molecule has 5 heteroatoms. The largest absolute Gasteiger partial charge is 0.503 e. The number of ketones is 1. The van der Waals surface area contributed by atoms with E-state index < -0.39 is 17.7 Å². The number of hydrogen-bond donors (Lipinski definition) is 1. The summed E-state index contributed by atoms with van der Waals surface area (Å²) in [5.74, 6) is -1.07. The molecule has 23 heavy (non-hydrogen) atoms. The summed E-state index contributed by atoms with van der Waals surface area (Å²) in [5, 5.41) is 10.8. The Kier molecular flexibility index (Phi) is 5.83. The maximum absolute atomic E-state index is 12.4. The summed E-state index contributed by atoms with van der Waals surface area (Å²) in [6, 6.07) is 6.54. The van der Waals surface area contributed by atoms with E-state index in [0.29, 0.717) is 11.6 Å². The van der Waals surface area contributed by atoms with E-state index in [1.165, 1.54) is 0 Å². The second-order valence-electron chi connectivity index (χ2n) is 5.70. The molecule has 1 atom stereocenters. The summed E-state index contributed by atoms with van der Waals surface area (Å²) in [6.07, 6.45) is 3.12. The highest BCUT2D eigenvalue weighted by molar-refractivity contribution is 6.30. The molecule has 1 aromatic rings. The van der Waals surface area contributed by atoms with Gasteiger partial charge in [0.05, 0.1) is 11.6 Å². The summed E-state index contributed by atoms with van der Waals surface area (Å²) in [5.41, 5.74) is 0.997. The number of Topliss-reactive ketones (excluding diaryl/α,β-unsaturated/α-hetero) is 1. The van der Waals surface area contributed by atoms with E-state index in [2.05, 4.69) is 6.92 Å². The van der Waals surface area contributed by atoms with Crippen molar-refractivity contribution in [3.05, 3.63) is 46.2 Å². The standard InChI is InChI=1S/C18H22ClNO3/c1-3-5-6-11-20-16(12-7-9-13(19)10-8-12)15(14(21)4-2)17(22)18(20)23/h7-10,16,22H,3-6,11H2,1-2H3. The van der Waals surface area contributed by atoms with Crippen LogP contribution in [0.25, 0.3) is 0 Å². The third kappa shape index (κ3) is 3.58. The third-order valence-corrected chi connectivity index (χ3v) is 4.37. The Labute approximate surface area is 141 Å². The van der Waals surface area contributed by atoms with Gasteiger partial charge in [0, 0.05) is 18.0 Å². The number of carbonyl (C=O) groups excluding carboxylic acids is 2. The van der Waals surface area contributed by atoms with Gasteiger partial charge in [-0.15, -0.1) is 0 Å². The van der Waals surface area contributed by atoms with Gasteiger partial charge in [-0.1, -0.05) is 50.4 Å². The molecule has 0 bridgehead atoms. The van der Waals surface area contributed by atoms with Crippen molar-refractivity contribution < 1.29 is 14.7 Å². The molecule has 0 fully saturated rings. The number of hydrogen-bond acceptors (Lipinski definition) is 3. The molecule has 0 saturated heterocycles. The number of rotatable bonds is 7. The highest BCUT2D eigenvalue weighted by Gasteiger charge is 2.42. The fraction of sp³-hybridized carbons (Fsp3) is 0.444. The number of benzene rings is 1. The van der Waals surface area contributed by atoms with Crippen molar-refractivity contribution in [1.29, 1.82) is 0 Å². The first-order valence-corrected chi connectivity index (χ1v) is 8.41. The van der Waals surface area contributed by atoms with Crippen LogP contribution in [0, 0.1) is 0 Å². The SMILES string of the molecule is CCCCCN1C(=O)C(O)=C(C(=O)CC)C1c1ccc(Cl)cc1. The molecule has 124 valence electrons. The van der Waals surface area contributed by atoms with Crippen LogP contribution in [0.3, 0.4) is 0 Å². The average molecular weight is 336 g/mol. The molecule has 0 aliphatic carbocycles. The van der Waals surface area contributed by atoms with Gasteiger partial charge < -0.3 is 10.0 Å². The second kappa shape index (κ2) is 7.64. The molecule has 1 amide bonds. The Morgan fingerprint density at radius 1 is 1.22 bits per heavy atom. The number of nitrogens with zero attached hydrogens (tertiary/aromatic N) is 1. The minimum atomic E-state index is -0.524. The quantitative estimate of drug-likeness (QED) is 0.759. The highest BCUT2D eigenvalue weighted by Crippen LogP contribution is 2.38. The van der Waals surface area contributed by atoms with Crippen LogP contribution in [-0.2, 0) is 9.59 Å². The topological polar surface area (TPSA) is 57.6 Å². The number of amides is 1. The molecule has 2 rings (SSSR count). The fourth-order valence-corrected chi connectivity index (χ4v) is 3.01. The molecule has 1 aromatic carbocycles. The Bertz CT molecular complexity index is 622. The molecule has 1 unspecified atom stereocenters. The zero-order valence-electron chi connectivity index (χ0n) is 13.5. The third-order valence-electron chi connectivity index (χ3n) is 4.11. The van der Waals surface area contributed by atoms with Gasteiger partial charge in [0.15, 0.2) is 11.5 Å². The van der Waals surface area contributed by atoms with Crippen molar-refractivity contribution in [3.63, 3.8) is 0 Å². The van der Waals surface area contributed by atoms with E-state index in [1.807, 2.05) is 0 Å². The highest BCUT2D eigenvalue weighted by atomic mass is 35.5. The maximum atomic E-state index is 12.4. The first-order valence-electron chi connectivity index (χ1n) is 8.04. The van der Waals surface area contributed by atoms with Crippen LogP contribution in [0.2, 0.25) is 5.02 Å². The first-order chi connectivity index (χ1) is 11.0. The Morgan fingerprint density at radius 3 is 2.43 bits per heavy atom. The smallest absolute Gasteiger partial charge is 0.290 e. The molecule has 1 aliphatic rings. The van der Waals surface area contributed by atoms with Crippen LogP contribution in [0.4, 0.5) is 0 Å². The van der Waals surface area contributed by atoms with Crippen LogP contribution in [-0.4, -0.2) is 28.2 Å². The normalized spacial score (nSPS) is 18.0. The number of halogens is 1. The van der Waals surface area contributed by atoms with Crippen LogP contribution >= 0.6 is 11.6 Å². The molecule has 1 heterocycles. The number of aliphatic hydroxyl groups excluding tert-OH is 1. The maximum Gasteiger partial charge on any atom is 0.290 e. The van der Waals surface area contributed by atoms with Gasteiger partial charge in [0.1, 0.15) is 0 Å². The minimum Gasteiger partial charge on any atom is -0.503 e. The lowest BCUT2D eigenvalue weighted by Gasteiger charge is -2.26. The van der Waals surface area contributed by atoms with Crippen molar-refractivity contribution in [3.8, 4) is 0 Å². The van der Waals surface area contributed by atoms with E-state index in [0.717, 1.165) is 24.8 Å². The number of aliphatic hydroxyl groups is 1. The van der Waals surface area contributed by atoms with E-state index in [9.17, 15) is 14.7 Å². The lowest BCUT2D eigenvalue weighted by Crippen LogP contribution is -2.32. The Balaban J connectivity index is 2.41. The van der Waals surface area contributed by atoms with Crippen LogP contribution in [0.5, 0.6) is 0 Å². The van der Waals surface area contributed by atoms with Gasteiger partial charge in [-0.3, -0.25) is 9.59 Å². The second-order valence-corrected chi connectivity index (χ2v) is 6.14. The lowest BCUT2D eigenvalue weighted by atomic mass is 9.95. The molecule has 1 N–H and O–H groups in total. The van der Waals surface area contributed by atoms with Gasteiger partial charge in [0.25, 0.3) is 5.91 Å². The monoisotopic (exact) mass is 335 g/mol. The van der Waals surface area contributed by atoms with Crippen molar-refractivity contribution in [2.24, 2.45) is 0 Å². The first kappa shape index (κ1) is 17.5. The van der Waals surface area contributed by atoms with E-state index in [4.69, 9.17) is 11.6 Å². The van der Waals surface area contributed by atoms with E-state index >= 15 is 0 Å². The van der Waals surface area contributed by atoms with Crippen molar-refractivity contribution in [2.75, 3.05) is 6.54 Å². The van der Waals surface area contributed by atoms with Gasteiger partial charge in [-0.25, -0.2) is 0 Å². The summed E-state index contributed by atoms with van der Waals surface area (Å²) < 4.78 is 0. The lowest BCUT2D eigenvalue weighted by molar-refractivity contribution is -0.129. The van der Waals surface area contributed by atoms with Gasteiger partial charge >= 0.3 is 0 Å². The van der Waals surface area contributed by atoms with E-state index in [1.54, 1.807) is 36.1 Å². The Morgan fingerprint density at radius 2 is 1.87 bits per heavy atom.